The molecule has 0 saturated carbocycles. The first-order valence-corrected chi connectivity index (χ1v) is 9.19. The minimum atomic E-state index is -0.502. The molecular formula is C25H18O4. The molecule has 29 heavy (non-hydrogen) atoms. The van der Waals surface area contributed by atoms with E-state index in [1.54, 1.807) is 25.1 Å². The summed E-state index contributed by atoms with van der Waals surface area (Å²) < 4.78 is 10.9. The van der Waals surface area contributed by atoms with Crippen LogP contribution in [0.5, 0.6) is 5.75 Å². The highest BCUT2D eigenvalue weighted by molar-refractivity contribution is 5.96. The van der Waals surface area contributed by atoms with Crippen LogP contribution in [0.4, 0.5) is 0 Å². The normalized spacial score (nSPS) is 11.1. The van der Waals surface area contributed by atoms with Gasteiger partial charge in [0.25, 0.3) is 0 Å². The van der Waals surface area contributed by atoms with Crippen LogP contribution in [0.2, 0.25) is 0 Å². The molecule has 1 aromatic heterocycles. The number of hydrogen-bond donors (Lipinski definition) is 0. The number of ether oxygens (including phenoxy) is 1. The largest absolute Gasteiger partial charge is 0.423 e. The summed E-state index contributed by atoms with van der Waals surface area (Å²) in [6.45, 7) is 1.77. The highest BCUT2D eigenvalue weighted by Gasteiger charge is 2.14. The molecule has 0 atom stereocenters. The maximum atomic E-state index is 12.2. The Kier molecular flexibility index (Phi) is 5.08. The predicted molar refractivity (Wildman–Crippen MR) is 114 cm³/mol. The van der Waals surface area contributed by atoms with E-state index in [1.807, 2.05) is 60.7 Å². The molecule has 0 fully saturated rings. The molecule has 0 unspecified atom stereocenters. The number of carbonyl (C=O) groups is 1. The van der Waals surface area contributed by atoms with Crippen molar-refractivity contribution in [2.75, 3.05) is 0 Å². The van der Waals surface area contributed by atoms with E-state index in [4.69, 9.17) is 9.15 Å². The lowest BCUT2D eigenvalue weighted by atomic mass is 10.0. The summed E-state index contributed by atoms with van der Waals surface area (Å²) in [5, 5.41) is 0.785. The minimum absolute atomic E-state index is 0.355. The minimum Gasteiger partial charge on any atom is -0.423 e. The zero-order valence-corrected chi connectivity index (χ0v) is 15.8. The molecule has 0 N–H and O–H groups in total. The van der Waals surface area contributed by atoms with E-state index in [0.29, 0.717) is 16.9 Å². The third-order valence-corrected chi connectivity index (χ3v) is 4.62. The Morgan fingerprint density at radius 2 is 1.62 bits per heavy atom. The molecule has 0 amide bonds. The van der Waals surface area contributed by atoms with Gasteiger partial charge in [-0.05, 0) is 41.8 Å². The van der Waals surface area contributed by atoms with Gasteiger partial charge in [-0.15, -0.1) is 0 Å². The fraction of sp³-hybridized carbons (Fsp3) is 0.0400. The first-order chi connectivity index (χ1) is 14.1. The van der Waals surface area contributed by atoms with Gasteiger partial charge in [0, 0.05) is 23.1 Å². The Morgan fingerprint density at radius 3 is 2.34 bits per heavy atom. The smallest absolute Gasteiger partial charge is 0.336 e. The van der Waals surface area contributed by atoms with E-state index in [2.05, 4.69) is 0 Å². The summed E-state index contributed by atoms with van der Waals surface area (Å²) in [7, 11) is 0. The van der Waals surface area contributed by atoms with Crippen LogP contribution >= 0.6 is 0 Å². The van der Waals surface area contributed by atoms with E-state index in [-0.39, 0.29) is 0 Å². The third-order valence-electron chi connectivity index (χ3n) is 4.62. The van der Waals surface area contributed by atoms with E-state index in [9.17, 15) is 9.59 Å². The molecular weight excluding hydrogens is 364 g/mol. The summed E-state index contributed by atoms with van der Waals surface area (Å²) in [6, 6.07) is 24.1. The third kappa shape index (κ3) is 4.01. The van der Waals surface area contributed by atoms with Crippen LogP contribution in [0.1, 0.15) is 11.1 Å². The number of fused-ring (bicyclic) bond motifs is 1. The van der Waals surface area contributed by atoms with E-state index in [0.717, 1.165) is 22.1 Å². The maximum Gasteiger partial charge on any atom is 0.336 e. The first-order valence-electron chi connectivity index (χ1n) is 9.19. The van der Waals surface area contributed by atoms with Crippen LogP contribution in [-0.2, 0) is 4.79 Å². The molecule has 3 aromatic carbocycles. The molecule has 4 aromatic rings. The first kappa shape index (κ1) is 18.4. The maximum absolute atomic E-state index is 12.2. The second-order valence-electron chi connectivity index (χ2n) is 6.58. The van der Waals surface area contributed by atoms with Gasteiger partial charge < -0.3 is 9.15 Å². The van der Waals surface area contributed by atoms with Gasteiger partial charge >= 0.3 is 11.6 Å². The fourth-order valence-electron chi connectivity index (χ4n) is 3.18. The number of benzene rings is 3. The molecule has 4 heteroatoms. The summed E-state index contributed by atoms with van der Waals surface area (Å²) in [5.74, 6) is -0.147. The van der Waals surface area contributed by atoms with E-state index in [1.165, 1.54) is 12.1 Å². The number of hydrogen-bond acceptors (Lipinski definition) is 4. The summed E-state index contributed by atoms with van der Waals surface area (Å²) in [6.07, 6.45) is 3.06. The van der Waals surface area contributed by atoms with Crippen molar-refractivity contribution in [2.24, 2.45) is 0 Å². The quantitative estimate of drug-likeness (QED) is 0.206. The molecule has 0 aliphatic rings. The van der Waals surface area contributed by atoms with Crippen molar-refractivity contribution in [3.8, 4) is 16.9 Å². The van der Waals surface area contributed by atoms with Crippen molar-refractivity contribution < 1.29 is 13.9 Å². The summed E-state index contributed by atoms with van der Waals surface area (Å²) in [5.41, 5.74) is 3.15. The van der Waals surface area contributed by atoms with Crippen molar-refractivity contribution in [3.05, 3.63) is 106 Å². The SMILES string of the molecule is Cc1c(OC(=O)/C=C/c2ccccc2)ccc2c(-c3ccccc3)cc(=O)oc12. The zero-order valence-electron chi connectivity index (χ0n) is 15.8. The average molecular weight is 382 g/mol. The Bertz CT molecular complexity index is 1250. The molecule has 0 spiro atoms. The van der Waals surface area contributed by atoms with Gasteiger partial charge in [-0.3, -0.25) is 0 Å². The van der Waals surface area contributed by atoms with Gasteiger partial charge in [0.1, 0.15) is 11.3 Å². The fourth-order valence-corrected chi connectivity index (χ4v) is 3.18. The van der Waals surface area contributed by atoms with Crippen molar-refractivity contribution in [3.63, 3.8) is 0 Å². The molecule has 0 aliphatic heterocycles. The van der Waals surface area contributed by atoms with Crippen LogP contribution < -0.4 is 10.4 Å². The molecule has 142 valence electrons. The standard InChI is InChI=1S/C25H18O4/c1-17-22(28-23(26)15-12-18-8-4-2-5-9-18)14-13-20-21(16-24(27)29-25(17)20)19-10-6-3-7-11-19/h2-16H,1H3/b15-12+. The van der Waals surface area contributed by atoms with Gasteiger partial charge in [-0.25, -0.2) is 9.59 Å². The molecule has 0 saturated heterocycles. The topological polar surface area (TPSA) is 56.5 Å². The average Bonchev–Trinajstić information content (AvgIpc) is 2.75. The van der Waals surface area contributed by atoms with Crippen LogP contribution in [0.15, 0.2) is 94.2 Å². The zero-order chi connectivity index (χ0) is 20.2. The lowest BCUT2D eigenvalue weighted by Crippen LogP contribution is -2.06. The van der Waals surface area contributed by atoms with Crippen LogP contribution in [0.25, 0.3) is 28.2 Å². The highest BCUT2D eigenvalue weighted by Crippen LogP contribution is 2.33. The monoisotopic (exact) mass is 382 g/mol. The van der Waals surface area contributed by atoms with E-state index < -0.39 is 11.6 Å². The predicted octanol–water partition coefficient (Wildman–Crippen LogP) is 5.39. The van der Waals surface area contributed by atoms with Gasteiger partial charge in [0.15, 0.2) is 0 Å². The number of rotatable bonds is 4. The molecule has 0 radical (unpaired) electrons. The van der Waals surface area contributed by atoms with Crippen molar-refractivity contribution in [2.45, 2.75) is 6.92 Å². The van der Waals surface area contributed by atoms with Crippen molar-refractivity contribution in [1.29, 1.82) is 0 Å². The molecule has 0 bridgehead atoms. The number of esters is 1. The molecule has 1 heterocycles. The van der Waals surface area contributed by atoms with Crippen LogP contribution in [0, 0.1) is 6.92 Å². The van der Waals surface area contributed by atoms with E-state index >= 15 is 0 Å². The molecule has 4 rings (SSSR count). The Labute approximate surface area is 167 Å². The lowest BCUT2D eigenvalue weighted by Gasteiger charge is -2.11. The Balaban J connectivity index is 1.69. The summed E-state index contributed by atoms with van der Waals surface area (Å²) >= 11 is 0. The Morgan fingerprint density at radius 1 is 0.931 bits per heavy atom. The van der Waals surface area contributed by atoms with Gasteiger partial charge in [0.05, 0.1) is 0 Å². The summed E-state index contributed by atoms with van der Waals surface area (Å²) in [4.78, 5) is 24.4. The molecule has 0 aliphatic carbocycles. The van der Waals surface area contributed by atoms with Crippen LogP contribution in [-0.4, -0.2) is 5.97 Å². The second kappa shape index (κ2) is 7.98. The van der Waals surface area contributed by atoms with Gasteiger partial charge in [0.2, 0.25) is 0 Å². The number of aryl methyl sites for hydroxylation is 1. The lowest BCUT2D eigenvalue weighted by molar-refractivity contribution is -0.128. The van der Waals surface area contributed by atoms with Gasteiger partial charge in [-0.2, -0.15) is 0 Å². The Hall–Kier alpha value is -3.92. The molecule has 4 nitrogen and oxygen atoms in total. The second-order valence-corrected chi connectivity index (χ2v) is 6.58. The van der Waals surface area contributed by atoms with Crippen LogP contribution in [0.3, 0.4) is 0 Å². The highest BCUT2D eigenvalue weighted by atomic mass is 16.5. The van der Waals surface area contributed by atoms with Crippen molar-refractivity contribution >= 4 is 23.0 Å². The van der Waals surface area contributed by atoms with Crippen molar-refractivity contribution in [1.82, 2.24) is 0 Å². The van der Waals surface area contributed by atoms with Gasteiger partial charge in [-0.1, -0.05) is 60.7 Å². The number of carbonyl (C=O) groups excluding carboxylic acids is 1.